The Bertz CT molecular complexity index is 3410. The molecule has 8 saturated heterocycles. The van der Waals surface area contributed by atoms with E-state index in [2.05, 4.69) is 26.8 Å². The Morgan fingerprint density at radius 1 is 0.607 bits per heavy atom. The highest BCUT2D eigenvalue weighted by Gasteiger charge is 2.78. The van der Waals surface area contributed by atoms with E-state index in [-0.39, 0.29) is 31.6 Å². The van der Waals surface area contributed by atoms with Crippen LogP contribution < -0.4 is 0 Å². The van der Waals surface area contributed by atoms with Crippen LogP contribution in [0.15, 0.2) is 11.6 Å². The number of nitrogens with zero attached hydrogens (tertiary/aromatic N) is 1. The monoisotopic (exact) mass is 1610 g/mol. The number of amides is 1. The van der Waals surface area contributed by atoms with Gasteiger partial charge in [-0.25, -0.2) is 4.79 Å². The summed E-state index contributed by atoms with van der Waals surface area (Å²) >= 11 is 0. The fourth-order valence-corrected chi connectivity index (χ4v) is 21.9. The number of aliphatic hydroxyl groups excluding tert-OH is 17. The van der Waals surface area contributed by atoms with Crippen LogP contribution >= 0.6 is 0 Å². The molecule has 38 nitrogen and oxygen atoms in total. The first-order valence-electron chi connectivity index (χ1n) is 39.0. The molecule has 19 N–H and O–H groups in total. The zero-order valence-corrected chi connectivity index (χ0v) is 64.0. The molecule has 42 atom stereocenters. The van der Waals surface area contributed by atoms with Crippen LogP contribution in [0, 0.1) is 50.2 Å². The highest BCUT2D eigenvalue weighted by atomic mass is 16.8. The van der Waals surface area contributed by atoms with Crippen molar-refractivity contribution in [1.29, 1.82) is 0 Å². The maximum atomic E-state index is 16.5. The number of aliphatic carboxylic acids is 1. The van der Waals surface area contributed by atoms with E-state index in [1.165, 1.54) is 18.9 Å². The van der Waals surface area contributed by atoms with E-state index in [4.69, 9.17) is 66.3 Å². The lowest BCUT2D eigenvalue weighted by atomic mass is 9.33. The Balaban J connectivity index is 0.796. The van der Waals surface area contributed by atoms with Gasteiger partial charge >= 0.3 is 11.9 Å². The maximum Gasteiger partial charge on any atom is 0.335 e. The minimum Gasteiger partial charge on any atom is -0.479 e. The van der Waals surface area contributed by atoms with Crippen molar-refractivity contribution < 1.29 is 183 Å². The molecule has 0 aromatic rings. The van der Waals surface area contributed by atoms with Gasteiger partial charge in [-0.15, -0.1) is 0 Å². The minimum atomic E-state index is -2.65. The largest absolute Gasteiger partial charge is 0.479 e. The van der Waals surface area contributed by atoms with Gasteiger partial charge in [-0.2, -0.15) is 0 Å². The number of hydrogen-bond acceptors (Lipinski definition) is 36. The van der Waals surface area contributed by atoms with Crippen molar-refractivity contribution >= 4 is 24.1 Å². The summed E-state index contributed by atoms with van der Waals surface area (Å²) in [6.07, 6.45) is -50.9. The maximum absolute atomic E-state index is 16.5. The smallest absolute Gasteiger partial charge is 0.335 e. The van der Waals surface area contributed by atoms with Gasteiger partial charge in [0.15, 0.2) is 49.8 Å². The number of esters is 1. The predicted octanol–water partition coefficient (Wildman–Crippen LogP) is -6.70. The SMILES string of the molecule is CCC(=O)N(C)[C@H]1C(CO)O[C@@H]2C(OC2(OC(=O)[C@]23CCC(C)(C)CC2C2=CCC4C5(C)CC[C@H](O[C@@H]6OC(C(=O)O)[C@@H](O)[C@H](O[C@@H]7OC[C@@H](O)[C@H](O)C7O)C6O[C@@H]6OC(CO)[C@H](O)[C@H](O)C6O)[C@](C)(C=O)[C@@H]5CC[C@]4(C)[C@]2(C)CC3O)[C@@H]2OC(C)[C@H](O[C@@H]3OC[C@@H](O)C(O[C@@H]4OC[C@](O)(CO)C4O)C3O)C(O)C2O)C1O. The second kappa shape index (κ2) is 31.6. The van der Waals surface area contributed by atoms with Crippen molar-refractivity contribution in [3.8, 4) is 0 Å². The van der Waals surface area contributed by atoms with Crippen molar-refractivity contribution in [3.63, 3.8) is 0 Å². The molecule has 19 unspecified atom stereocenters. The normalized spacial score (nSPS) is 53.9. The van der Waals surface area contributed by atoms with Gasteiger partial charge in [-0.3, -0.25) is 9.59 Å². The van der Waals surface area contributed by atoms with Crippen LogP contribution in [0.3, 0.4) is 0 Å². The molecular formula is C74H115NO37. The molecule has 13 aliphatic rings. The molecule has 38 heteroatoms. The van der Waals surface area contributed by atoms with Crippen LogP contribution in [0.1, 0.15) is 120 Å². The molecule has 0 aromatic heterocycles. The third-order valence-corrected chi connectivity index (χ3v) is 28.7. The topological polar surface area (TPSA) is 585 Å². The minimum absolute atomic E-state index is 0.0108. The van der Waals surface area contributed by atoms with E-state index in [0.29, 0.717) is 38.5 Å². The summed E-state index contributed by atoms with van der Waals surface area (Å²) in [5.74, 6) is -7.49. The van der Waals surface area contributed by atoms with E-state index >= 15 is 4.79 Å². The molecule has 0 aromatic carbocycles. The molecule has 8 aliphatic heterocycles. The first-order valence-corrected chi connectivity index (χ1v) is 39.0. The molecule has 8 heterocycles. The van der Waals surface area contributed by atoms with E-state index < -0.39 is 309 Å². The summed E-state index contributed by atoms with van der Waals surface area (Å²) in [5.41, 5.74) is -7.51. The van der Waals surface area contributed by atoms with Gasteiger partial charge in [0.05, 0.1) is 69.4 Å². The summed E-state index contributed by atoms with van der Waals surface area (Å²) in [6.45, 7) is 10.7. The van der Waals surface area contributed by atoms with Crippen LogP contribution in [0.5, 0.6) is 0 Å². The third-order valence-electron chi connectivity index (χ3n) is 28.7. The van der Waals surface area contributed by atoms with E-state index in [1.807, 2.05) is 13.8 Å². The van der Waals surface area contributed by atoms with Crippen molar-refractivity contribution in [1.82, 2.24) is 4.90 Å². The average Bonchev–Trinajstić information content (AvgIpc) is 0.720. The van der Waals surface area contributed by atoms with Crippen molar-refractivity contribution in [2.75, 3.05) is 46.7 Å². The van der Waals surface area contributed by atoms with Crippen molar-refractivity contribution in [3.05, 3.63) is 11.6 Å². The number of carboxylic acid groups (broad SMARTS) is 1. The molecule has 13 rings (SSSR count). The van der Waals surface area contributed by atoms with Crippen LogP contribution in [-0.2, 0) is 85.5 Å². The molecule has 638 valence electrons. The van der Waals surface area contributed by atoms with Gasteiger partial charge in [0, 0.05) is 13.5 Å². The summed E-state index contributed by atoms with van der Waals surface area (Å²) < 4.78 is 85.9. The molecule has 12 fully saturated rings. The molecule has 0 spiro atoms. The lowest BCUT2D eigenvalue weighted by molar-refractivity contribution is -0.474. The zero-order chi connectivity index (χ0) is 81.7. The summed E-state index contributed by atoms with van der Waals surface area (Å²) in [6, 6.07) is -1.24. The van der Waals surface area contributed by atoms with Gasteiger partial charge < -0.3 is 173 Å². The average molecular weight is 1610 g/mol. The summed E-state index contributed by atoms with van der Waals surface area (Å²) in [7, 11) is 1.40. The molecule has 1 amide bonds. The quantitative estimate of drug-likeness (QED) is 0.0233. The standard InChI is InChI=1S/C74H115NO37/c1-10-39(83)75(9)40-33(21-76)103-59-54(43(40)86)111-74(59,58-46(89)45(88)51(28(2)102-58)106-62-50(93)52(32(81)24-100-62)107-65-57(94)72(98,26-79)27-101-65)112-66(97)73-18-17-67(3,4)19-30(73)29-11-12-36-68(5)15-14-38(69(6,25-78)35(68)13-16-70(36,7)71(29,8)20-37(73)82)105-64-56(110-63-48(91)44(87)42(85)34(22-77)104-63)53(49(92)55(109-64)60(95)96)108-61-47(90)41(84)31(80)23-99-61/h11,25,28,30-38,40-59,61-65,76-77,79-82,84-94,98H,10,12-24,26-27H2,1-9H3,(H,95,96)/t28?,30?,31-,32-,33?,34?,35-,36?,37?,38+,40+,41+,42+,43?,44+,45?,46?,47?,48?,49+,50?,51+,52?,53+,54?,55?,56?,57?,58-,59-,61+,62+,63+,64-,65+,68?,69-,70+,71-,72-,73-,74?/m1/s1. The van der Waals surface area contributed by atoms with Crippen LogP contribution in [-0.4, -0.2) is 380 Å². The number of rotatable bonds is 20. The number of hydrogen-bond donors (Lipinski definition) is 19. The van der Waals surface area contributed by atoms with Gasteiger partial charge in [-0.1, -0.05) is 60.1 Å². The molecular weight excluding hydrogens is 1490 g/mol. The lowest BCUT2D eigenvalue weighted by Gasteiger charge is -2.71. The van der Waals surface area contributed by atoms with E-state index in [1.54, 1.807) is 13.8 Å². The van der Waals surface area contributed by atoms with Crippen LogP contribution in [0.25, 0.3) is 0 Å². The number of likely N-dealkylation sites (N-methyl/N-ethyl adjacent to an activating group) is 1. The predicted molar refractivity (Wildman–Crippen MR) is 367 cm³/mol. The number of fused-ring (bicyclic) bond motifs is 8. The van der Waals surface area contributed by atoms with Crippen LogP contribution in [0.4, 0.5) is 0 Å². The first-order chi connectivity index (χ1) is 52.6. The number of aliphatic hydroxyl groups is 18. The first kappa shape index (κ1) is 86.4. The highest BCUT2D eigenvalue weighted by Crippen LogP contribution is 2.76. The Morgan fingerprint density at radius 2 is 1.25 bits per heavy atom. The fourth-order valence-electron chi connectivity index (χ4n) is 21.9. The molecule has 0 radical (unpaired) electrons. The summed E-state index contributed by atoms with van der Waals surface area (Å²) in [5, 5.41) is 213. The number of carbonyl (C=O) groups is 4. The number of aldehydes is 1. The summed E-state index contributed by atoms with van der Waals surface area (Å²) in [4.78, 5) is 58.4. The van der Waals surface area contributed by atoms with Gasteiger partial charge in [0.25, 0.3) is 5.79 Å². The fraction of sp³-hybridized carbons (Fsp3) is 0.919. The van der Waals surface area contributed by atoms with Crippen LogP contribution in [0.2, 0.25) is 0 Å². The third kappa shape index (κ3) is 13.8. The molecule has 112 heavy (non-hydrogen) atoms. The number of allylic oxidation sites excluding steroid dienone is 2. The Labute approximate surface area is 645 Å². The second-order valence-corrected chi connectivity index (χ2v) is 35.4. The molecule has 5 aliphatic carbocycles. The van der Waals surface area contributed by atoms with E-state index in [9.17, 15) is 111 Å². The van der Waals surface area contributed by atoms with Crippen molar-refractivity contribution in [2.45, 2.75) is 327 Å². The van der Waals surface area contributed by atoms with Crippen molar-refractivity contribution in [2.24, 2.45) is 50.2 Å². The lowest BCUT2D eigenvalue weighted by Crippen LogP contribution is -2.84. The number of carboxylic acids is 1. The second-order valence-electron chi connectivity index (χ2n) is 35.4. The van der Waals surface area contributed by atoms with Gasteiger partial charge in [0.1, 0.15) is 139 Å². The number of carbonyl (C=O) groups excluding carboxylic acids is 3. The Kier molecular flexibility index (Phi) is 24.4. The molecule has 4 saturated carbocycles. The molecule has 0 bridgehead atoms. The zero-order valence-electron chi connectivity index (χ0n) is 64.0. The number of ether oxygens (including phenoxy) is 14. The highest BCUT2D eigenvalue weighted by molar-refractivity contribution is 5.80. The van der Waals surface area contributed by atoms with Gasteiger partial charge in [0.2, 0.25) is 5.91 Å². The Hall–Kier alpha value is -3.42. The van der Waals surface area contributed by atoms with E-state index in [0.717, 1.165) is 11.9 Å². The Morgan fingerprint density at radius 3 is 1.89 bits per heavy atom. The van der Waals surface area contributed by atoms with Gasteiger partial charge in [-0.05, 0) is 104 Å².